The first-order valence-electron chi connectivity index (χ1n) is 7.12. The highest BCUT2D eigenvalue weighted by Crippen LogP contribution is 2.25. The van der Waals surface area contributed by atoms with E-state index in [9.17, 15) is 9.59 Å². The smallest absolute Gasteiger partial charge is 0.250 e. The van der Waals surface area contributed by atoms with Gasteiger partial charge in [-0.2, -0.15) is 0 Å². The third-order valence-corrected chi connectivity index (χ3v) is 3.88. The van der Waals surface area contributed by atoms with Crippen LogP contribution in [0.5, 0.6) is 0 Å². The fraction of sp³-hybridized carbons (Fsp3) is 0.167. The summed E-state index contributed by atoms with van der Waals surface area (Å²) in [5.41, 5.74) is 3.85. The van der Waals surface area contributed by atoms with E-state index in [2.05, 4.69) is 10.3 Å². The molecule has 3 rings (SSSR count). The van der Waals surface area contributed by atoms with Gasteiger partial charge in [-0.25, -0.2) is 0 Å². The van der Waals surface area contributed by atoms with Gasteiger partial charge in [0.25, 0.3) is 0 Å². The van der Waals surface area contributed by atoms with Crippen LogP contribution in [-0.4, -0.2) is 4.98 Å². The van der Waals surface area contributed by atoms with Crippen LogP contribution in [-0.2, 0) is 6.54 Å². The molecule has 22 heavy (non-hydrogen) atoms. The monoisotopic (exact) mass is 292 g/mol. The number of nitrogens with zero attached hydrogens (tertiary/aromatic N) is 1. The Kier molecular flexibility index (Phi) is 3.59. The fourth-order valence-electron chi connectivity index (χ4n) is 2.41. The molecule has 0 saturated carbocycles. The largest absolute Gasteiger partial charge is 0.375 e. The summed E-state index contributed by atoms with van der Waals surface area (Å²) in [6, 6.07) is 11.4. The van der Waals surface area contributed by atoms with Crippen LogP contribution in [0, 0.1) is 13.8 Å². The average molecular weight is 292 g/mol. The van der Waals surface area contributed by atoms with Crippen LogP contribution in [0.4, 0.5) is 5.69 Å². The number of hydrogen-bond acceptors (Lipinski definition) is 4. The zero-order valence-electron chi connectivity index (χ0n) is 12.5. The molecule has 2 aromatic carbocycles. The molecule has 0 amide bonds. The van der Waals surface area contributed by atoms with E-state index < -0.39 is 10.9 Å². The van der Waals surface area contributed by atoms with Crippen molar-refractivity contribution in [3.63, 3.8) is 0 Å². The van der Waals surface area contributed by atoms with E-state index in [0.29, 0.717) is 17.8 Å². The maximum absolute atomic E-state index is 11.9. The molecule has 1 N–H and O–H groups in total. The summed E-state index contributed by atoms with van der Waals surface area (Å²) in [5.74, 6) is 0. The molecular weight excluding hydrogens is 276 g/mol. The fourth-order valence-corrected chi connectivity index (χ4v) is 2.41. The van der Waals surface area contributed by atoms with Gasteiger partial charge in [0, 0.05) is 6.20 Å². The lowest BCUT2D eigenvalue weighted by molar-refractivity contribution is 1.04. The van der Waals surface area contributed by atoms with Crippen molar-refractivity contribution in [1.82, 2.24) is 4.98 Å². The van der Waals surface area contributed by atoms with Crippen LogP contribution < -0.4 is 16.2 Å². The minimum Gasteiger partial charge on any atom is -0.375 e. The van der Waals surface area contributed by atoms with Crippen molar-refractivity contribution in [2.24, 2.45) is 0 Å². The summed E-state index contributed by atoms with van der Waals surface area (Å²) in [7, 11) is 0. The van der Waals surface area contributed by atoms with Crippen LogP contribution in [0.3, 0.4) is 0 Å². The van der Waals surface area contributed by atoms with Crippen molar-refractivity contribution in [2.75, 3.05) is 5.32 Å². The van der Waals surface area contributed by atoms with Crippen LogP contribution in [0.2, 0.25) is 0 Å². The summed E-state index contributed by atoms with van der Waals surface area (Å²) in [6.45, 7) is 4.43. The van der Waals surface area contributed by atoms with Gasteiger partial charge in [-0.15, -0.1) is 0 Å². The second-order valence-electron chi connectivity index (χ2n) is 5.38. The van der Waals surface area contributed by atoms with E-state index in [1.54, 1.807) is 6.20 Å². The molecule has 0 unspecified atom stereocenters. The number of anilines is 1. The summed E-state index contributed by atoms with van der Waals surface area (Å²) >= 11 is 0. The molecule has 0 radical (unpaired) electrons. The van der Waals surface area contributed by atoms with Crippen molar-refractivity contribution in [3.05, 3.63) is 79.9 Å². The standard InChI is InChI=1S/C18H16N2O2/c1-11-6-7-13(9-12(11)2)15-16(18(22)17(15)21)20-10-14-5-3-4-8-19-14/h3-9,20H,10H2,1-2H3. The van der Waals surface area contributed by atoms with Gasteiger partial charge < -0.3 is 5.32 Å². The summed E-state index contributed by atoms with van der Waals surface area (Å²) in [4.78, 5) is 27.9. The Bertz CT molecular complexity index is 891. The molecular formula is C18H16N2O2. The minimum atomic E-state index is -0.454. The Labute approximate surface area is 128 Å². The highest BCUT2D eigenvalue weighted by molar-refractivity contribution is 5.82. The first-order valence-corrected chi connectivity index (χ1v) is 7.12. The van der Waals surface area contributed by atoms with E-state index in [-0.39, 0.29) is 0 Å². The van der Waals surface area contributed by atoms with Gasteiger partial charge in [-0.3, -0.25) is 14.6 Å². The number of hydrogen-bond donors (Lipinski definition) is 1. The van der Waals surface area contributed by atoms with Crippen molar-refractivity contribution in [2.45, 2.75) is 20.4 Å². The van der Waals surface area contributed by atoms with E-state index in [1.807, 2.05) is 50.2 Å². The number of rotatable bonds is 4. The Morgan fingerprint density at radius 1 is 1.00 bits per heavy atom. The van der Waals surface area contributed by atoms with Crippen LogP contribution in [0.25, 0.3) is 11.1 Å². The molecule has 1 aromatic heterocycles. The Hall–Kier alpha value is -2.75. The molecule has 0 bridgehead atoms. The number of nitrogens with one attached hydrogen (secondary N) is 1. The predicted molar refractivity (Wildman–Crippen MR) is 87.8 cm³/mol. The summed E-state index contributed by atoms with van der Waals surface area (Å²) in [5, 5.41) is 3.04. The average Bonchev–Trinajstić information content (AvgIpc) is 2.54. The van der Waals surface area contributed by atoms with E-state index >= 15 is 0 Å². The zero-order valence-corrected chi connectivity index (χ0v) is 12.5. The van der Waals surface area contributed by atoms with Gasteiger partial charge in [-0.1, -0.05) is 24.3 Å². The molecule has 3 aromatic rings. The van der Waals surface area contributed by atoms with E-state index in [1.165, 1.54) is 0 Å². The number of pyridine rings is 1. The molecule has 4 nitrogen and oxygen atoms in total. The van der Waals surface area contributed by atoms with Crippen molar-refractivity contribution < 1.29 is 0 Å². The topological polar surface area (TPSA) is 59.1 Å². The number of aryl methyl sites for hydroxylation is 2. The number of aromatic nitrogens is 1. The maximum atomic E-state index is 11.9. The highest BCUT2D eigenvalue weighted by atomic mass is 16.2. The summed E-state index contributed by atoms with van der Waals surface area (Å²) < 4.78 is 0. The van der Waals surface area contributed by atoms with Crippen LogP contribution in [0.1, 0.15) is 16.8 Å². The van der Waals surface area contributed by atoms with E-state index in [4.69, 9.17) is 0 Å². The first-order chi connectivity index (χ1) is 10.6. The minimum absolute atomic E-state index is 0.388. The molecule has 0 aliphatic heterocycles. The van der Waals surface area contributed by atoms with Crippen LogP contribution in [0.15, 0.2) is 52.2 Å². The van der Waals surface area contributed by atoms with E-state index in [0.717, 1.165) is 22.4 Å². The lowest BCUT2D eigenvalue weighted by atomic mass is 9.95. The van der Waals surface area contributed by atoms with Crippen molar-refractivity contribution in [1.29, 1.82) is 0 Å². The van der Waals surface area contributed by atoms with Crippen LogP contribution >= 0.6 is 0 Å². The Morgan fingerprint density at radius 3 is 2.50 bits per heavy atom. The molecule has 0 atom stereocenters. The van der Waals surface area contributed by atoms with Gasteiger partial charge in [0.05, 0.1) is 23.5 Å². The van der Waals surface area contributed by atoms with Gasteiger partial charge in [0.2, 0.25) is 10.9 Å². The lowest BCUT2D eigenvalue weighted by Gasteiger charge is -2.14. The predicted octanol–water partition coefficient (Wildman–Crippen LogP) is 2.57. The first kappa shape index (κ1) is 14.2. The molecule has 1 heterocycles. The van der Waals surface area contributed by atoms with Crippen molar-refractivity contribution in [3.8, 4) is 11.1 Å². The maximum Gasteiger partial charge on any atom is 0.250 e. The molecule has 0 fully saturated rings. The second kappa shape index (κ2) is 5.56. The molecule has 110 valence electrons. The highest BCUT2D eigenvalue weighted by Gasteiger charge is 2.22. The zero-order chi connectivity index (χ0) is 15.7. The van der Waals surface area contributed by atoms with Gasteiger partial charge >= 0.3 is 0 Å². The molecule has 0 spiro atoms. The third kappa shape index (κ3) is 2.44. The normalized spacial score (nSPS) is 10.8. The van der Waals surface area contributed by atoms with Gasteiger partial charge in [-0.05, 0) is 42.7 Å². The molecule has 0 aliphatic rings. The molecule has 0 saturated heterocycles. The quantitative estimate of drug-likeness (QED) is 0.751. The summed E-state index contributed by atoms with van der Waals surface area (Å²) in [6.07, 6.45) is 1.70. The Balaban J connectivity index is 1.90. The second-order valence-corrected chi connectivity index (χ2v) is 5.38. The Morgan fingerprint density at radius 2 is 1.82 bits per heavy atom. The SMILES string of the molecule is Cc1ccc(-c2c(NCc3ccccn3)c(=O)c2=O)cc1C. The van der Waals surface area contributed by atoms with Gasteiger partial charge in [0.15, 0.2) is 0 Å². The lowest BCUT2D eigenvalue weighted by Crippen LogP contribution is -2.36. The van der Waals surface area contributed by atoms with Crippen molar-refractivity contribution >= 4 is 5.69 Å². The van der Waals surface area contributed by atoms with Gasteiger partial charge in [0.1, 0.15) is 0 Å². The molecule has 4 heteroatoms. The third-order valence-electron chi connectivity index (χ3n) is 3.88. The number of benzene rings is 1. The molecule has 0 aliphatic carbocycles.